The highest BCUT2D eigenvalue weighted by Crippen LogP contribution is 2.20. The van der Waals surface area contributed by atoms with Crippen LogP contribution in [-0.4, -0.2) is 66.3 Å². The lowest BCUT2D eigenvalue weighted by atomic mass is 10.1. The van der Waals surface area contributed by atoms with E-state index in [0.29, 0.717) is 56.1 Å². The Morgan fingerprint density at radius 1 is 1.17 bits per heavy atom. The number of ether oxygens (including phenoxy) is 2. The maximum Gasteiger partial charge on any atom is 0.280 e. The molecule has 1 aromatic heterocycles. The van der Waals surface area contributed by atoms with Gasteiger partial charge in [0.15, 0.2) is 0 Å². The minimum atomic E-state index is -0.859. The molecule has 11 nitrogen and oxygen atoms in total. The summed E-state index contributed by atoms with van der Waals surface area (Å²) in [7, 11) is 0. The summed E-state index contributed by atoms with van der Waals surface area (Å²) in [6, 6.07) is 4.33. The van der Waals surface area contributed by atoms with Gasteiger partial charge in [-0.2, -0.15) is 4.68 Å². The van der Waals surface area contributed by atoms with Gasteiger partial charge in [0.25, 0.3) is 11.5 Å². The lowest BCUT2D eigenvalue weighted by molar-refractivity contribution is -0.136. The molecule has 0 saturated carbocycles. The molecule has 0 aliphatic carbocycles. The van der Waals surface area contributed by atoms with E-state index in [2.05, 4.69) is 20.9 Å². The third-order valence-corrected chi connectivity index (χ3v) is 4.41. The maximum absolute atomic E-state index is 13.0. The van der Waals surface area contributed by atoms with Crippen LogP contribution < -0.4 is 21.9 Å². The van der Waals surface area contributed by atoms with Crippen LogP contribution in [0.2, 0.25) is 0 Å². The molecule has 1 aromatic carbocycles. The molecule has 4 N–H and O–H groups in total. The predicted molar refractivity (Wildman–Crippen MR) is 104 cm³/mol. The number of nitrogens with zero attached hydrogens (tertiary/aromatic N) is 3. The summed E-state index contributed by atoms with van der Waals surface area (Å²) in [5.41, 5.74) is 5.89. The van der Waals surface area contributed by atoms with Gasteiger partial charge in [-0.15, -0.1) is 5.10 Å². The zero-order valence-corrected chi connectivity index (χ0v) is 15.9. The Hall–Kier alpha value is -2.89. The fourth-order valence-electron chi connectivity index (χ4n) is 3.03. The van der Waals surface area contributed by atoms with Crippen LogP contribution in [-0.2, 0) is 19.1 Å². The minimum absolute atomic E-state index is 0.148. The zero-order valence-electron chi connectivity index (χ0n) is 15.9. The van der Waals surface area contributed by atoms with Crippen LogP contribution in [0, 0.1) is 0 Å². The Morgan fingerprint density at radius 2 is 1.97 bits per heavy atom. The first-order valence-electron chi connectivity index (χ1n) is 9.43. The van der Waals surface area contributed by atoms with Gasteiger partial charge in [-0.3, -0.25) is 19.7 Å². The average molecular weight is 404 g/mol. The van der Waals surface area contributed by atoms with E-state index in [1.54, 1.807) is 18.2 Å². The molecule has 1 fully saturated rings. The van der Waals surface area contributed by atoms with Gasteiger partial charge in [-0.25, -0.2) is 0 Å². The van der Waals surface area contributed by atoms with E-state index in [1.807, 2.05) is 0 Å². The molecule has 1 saturated heterocycles. The van der Waals surface area contributed by atoms with E-state index in [4.69, 9.17) is 15.2 Å². The number of hydrogen-bond donors (Lipinski definition) is 3. The van der Waals surface area contributed by atoms with Crippen LogP contribution in [0.15, 0.2) is 23.0 Å². The number of fused-ring (bicyclic) bond motifs is 1. The maximum atomic E-state index is 13.0. The summed E-state index contributed by atoms with van der Waals surface area (Å²) in [6.45, 7) is 2.78. The van der Waals surface area contributed by atoms with Crippen LogP contribution in [0.3, 0.4) is 0 Å². The molecule has 156 valence electrons. The van der Waals surface area contributed by atoms with Gasteiger partial charge in [0.2, 0.25) is 5.91 Å². The van der Waals surface area contributed by atoms with Gasteiger partial charge in [0, 0.05) is 25.2 Å². The highest BCUT2D eigenvalue weighted by Gasteiger charge is 2.30. The molecular weight excluding hydrogens is 380 g/mol. The van der Waals surface area contributed by atoms with Crippen molar-refractivity contribution < 1.29 is 19.1 Å². The molecule has 2 amide bonds. The number of carbonyl (C=O) groups excluding carboxylic acids is 2. The molecule has 3 rings (SSSR count). The van der Waals surface area contributed by atoms with Crippen LogP contribution in [0.25, 0.3) is 10.9 Å². The fraction of sp³-hybridized carbons (Fsp3) is 0.500. The number of piperidine rings is 1. The van der Waals surface area contributed by atoms with Crippen LogP contribution in [0.1, 0.15) is 18.9 Å². The molecule has 1 aliphatic rings. The summed E-state index contributed by atoms with van der Waals surface area (Å²) < 4.78 is 11.7. The third kappa shape index (κ3) is 5.13. The molecule has 1 aliphatic heterocycles. The highest BCUT2D eigenvalue weighted by atomic mass is 16.5. The number of nitrogens with one attached hydrogen (secondary N) is 2. The van der Waals surface area contributed by atoms with Crippen molar-refractivity contribution in [2.45, 2.75) is 18.9 Å². The number of aromatic nitrogens is 3. The summed E-state index contributed by atoms with van der Waals surface area (Å²) in [4.78, 5) is 36.5. The summed E-state index contributed by atoms with van der Waals surface area (Å²) >= 11 is 0. The number of benzene rings is 1. The van der Waals surface area contributed by atoms with Crippen molar-refractivity contribution in [3.05, 3.63) is 28.6 Å². The monoisotopic (exact) mass is 404 g/mol. The molecule has 0 radical (unpaired) electrons. The van der Waals surface area contributed by atoms with Crippen LogP contribution >= 0.6 is 0 Å². The van der Waals surface area contributed by atoms with Gasteiger partial charge in [-0.05, 0) is 18.6 Å². The van der Waals surface area contributed by atoms with Crippen molar-refractivity contribution in [2.24, 2.45) is 5.73 Å². The van der Waals surface area contributed by atoms with E-state index in [0.717, 1.165) is 4.68 Å². The smallest absolute Gasteiger partial charge is 0.280 e. The molecule has 1 unspecified atom stereocenters. The van der Waals surface area contributed by atoms with Gasteiger partial charge < -0.3 is 20.5 Å². The van der Waals surface area contributed by atoms with Crippen molar-refractivity contribution in [3.8, 4) is 0 Å². The average Bonchev–Trinajstić information content (AvgIpc) is 2.71. The Labute approximate surface area is 166 Å². The number of amides is 2. The molecule has 2 heterocycles. The normalized spacial score (nSPS) is 16.8. The van der Waals surface area contributed by atoms with E-state index in [9.17, 15) is 14.4 Å². The van der Waals surface area contributed by atoms with E-state index in [1.165, 1.54) is 0 Å². The van der Waals surface area contributed by atoms with Gasteiger partial charge in [-0.1, -0.05) is 11.3 Å². The largest absolute Gasteiger partial charge is 0.382 e. The first-order chi connectivity index (χ1) is 14.1. The van der Waals surface area contributed by atoms with Crippen LogP contribution in [0.4, 0.5) is 5.69 Å². The number of carbonyl (C=O) groups is 2. The zero-order chi connectivity index (χ0) is 20.6. The Bertz CT molecular complexity index is 931. The van der Waals surface area contributed by atoms with Gasteiger partial charge in [0.1, 0.15) is 11.6 Å². The summed E-state index contributed by atoms with van der Waals surface area (Å²) in [5.74, 6) is -0.906. The van der Waals surface area contributed by atoms with Crippen LogP contribution in [0.5, 0.6) is 0 Å². The van der Waals surface area contributed by atoms with Crippen molar-refractivity contribution in [1.29, 1.82) is 0 Å². The number of anilines is 1. The predicted octanol–water partition coefficient (Wildman–Crippen LogP) is -0.827. The summed E-state index contributed by atoms with van der Waals surface area (Å²) in [6.07, 6.45) is 0.356. The number of hydrogen-bond acceptors (Lipinski definition) is 9. The van der Waals surface area contributed by atoms with Gasteiger partial charge in [0.05, 0.1) is 31.8 Å². The third-order valence-electron chi connectivity index (χ3n) is 4.41. The molecule has 0 spiro atoms. The first kappa shape index (κ1) is 20.8. The number of rotatable bonds is 10. The molecule has 1 atom stereocenters. The Morgan fingerprint density at radius 3 is 2.72 bits per heavy atom. The minimum Gasteiger partial charge on any atom is -0.382 e. The lowest BCUT2D eigenvalue weighted by Gasteiger charge is -2.21. The lowest BCUT2D eigenvalue weighted by Crippen LogP contribution is -2.45. The van der Waals surface area contributed by atoms with Crippen molar-refractivity contribution in [3.63, 3.8) is 0 Å². The molecular formula is C18H24N6O5. The van der Waals surface area contributed by atoms with E-state index < -0.39 is 17.5 Å². The van der Waals surface area contributed by atoms with Crippen molar-refractivity contribution in [1.82, 2.24) is 20.3 Å². The second-order valence-corrected chi connectivity index (χ2v) is 6.45. The summed E-state index contributed by atoms with van der Waals surface area (Å²) in [5, 5.41) is 13.7. The fourth-order valence-corrected chi connectivity index (χ4v) is 3.03. The van der Waals surface area contributed by atoms with Crippen molar-refractivity contribution in [2.75, 3.05) is 44.8 Å². The second kappa shape index (κ2) is 10.0. The number of nitrogens with two attached hydrogens (primary N) is 1. The SMILES string of the molecule is NCCOCCOCCNc1cccc2nnn(C3CCC(=O)NC3=O)c(=O)c12. The van der Waals surface area contributed by atoms with Crippen molar-refractivity contribution >= 4 is 28.4 Å². The molecule has 0 bridgehead atoms. The second-order valence-electron chi connectivity index (χ2n) is 6.45. The number of imide groups is 1. The standard InChI is InChI=1S/C18H24N6O5/c19-6-8-28-10-11-29-9-7-20-12-2-1-3-13-16(12)18(27)24(23-22-13)14-4-5-15(25)21-17(14)26/h1-3,14,20H,4-11,19H2,(H,21,25,26). The molecule has 2 aromatic rings. The quantitative estimate of drug-likeness (QED) is 0.340. The first-order valence-corrected chi connectivity index (χ1v) is 9.43. The Balaban J connectivity index is 1.69. The molecule has 29 heavy (non-hydrogen) atoms. The Kier molecular flexibility index (Phi) is 7.22. The van der Waals surface area contributed by atoms with E-state index in [-0.39, 0.29) is 18.7 Å². The molecule has 11 heteroatoms. The highest BCUT2D eigenvalue weighted by molar-refractivity contribution is 5.99. The van der Waals surface area contributed by atoms with E-state index >= 15 is 0 Å². The van der Waals surface area contributed by atoms with Gasteiger partial charge >= 0.3 is 0 Å². The topological polar surface area (TPSA) is 150 Å².